The Labute approximate surface area is 142 Å². The average molecular weight is 341 g/mol. The van der Waals surface area contributed by atoms with Crippen molar-refractivity contribution in [3.05, 3.63) is 16.9 Å². The van der Waals surface area contributed by atoms with E-state index in [-0.39, 0.29) is 12.1 Å². The SMILES string of the molecule is Cc1cc(Cl)nc(N(C)C[C@@H]2CCCN2C(=O)OC(C)(C)C)n1. The second-order valence-electron chi connectivity index (χ2n) is 6.98. The molecule has 128 valence electrons. The van der Waals surface area contributed by atoms with E-state index in [0.717, 1.165) is 25.1 Å². The molecule has 0 spiro atoms. The molecule has 1 amide bonds. The highest BCUT2D eigenvalue weighted by Crippen LogP contribution is 2.23. The summed E-state index contributed by atoms with van der Waals surface area (Å²) in [7, 11) is 1.91. The highest BCUT2D eigenvalue weighted by atomic mass is 35.5. The van der Waals surface area contributed by atoms with Gasteiger partial charge in [-0.05, 0) is 46.6 Å². The number of likely N-dealkylation sites (tertiary alicyclic amines) is 1. The summed E-state index contributed by atoms with van der Waals surface area (Å²) in [6.45, 7) is 8.90. The number of amides is 1. The second-order valence-corrected chi connectivity index (χ2v) is 7.37. The number of hydrogen-bond acceptors (Lipinski definition) is 5. The van der Waals surface area contributed by atoms with Gasteiger partial charge >= 0.3 is 6.09 Å². The normalized spacial score (nSPS) is 18.2. The standard InChI is InChI=1S/C16H25ClN4O2/c1-11-9-13(17)19-14(18-11)20(5)10-12-7-6-8-21(12)15(22)23-16(2,3)4/h9,12H,6-8,10H2,1-5H3/t12-/m0/s1. The third-order valence-corrected chi connectivity index (χ3v) is 3.84. The second kappa shape index (κ2) is 6.91. The van der Waals surface area contributed by atoms with Crippen molar-refractivity contribution in [3.8, 4) is 0 Å². The highest BCUT2D eigenvalue weighted by molar-refractivity contribution is 6.29. The molecule has 0 aliphatic carbocycles. The van der Waals surface area contributed by atoms with Gasteiger partial charge in [0.15, 0.2) is 0 Å². The molecule has 2 rings (SSSR count). The maximum absolute atomic E-state index is 12.3. The quantitative estimate of drug-likeness (QED) is 0.790. The molecule has 1 atom stereocenters. The van der Waals surface area contributed by atoms with E-state index in [2.05, 4.69) is 9.97 Å². The zero-order valence-electron chi connectivity index (χ0n) is 14.5. The summed E-state index contributed by atoms with van der Waals surface area (Å²) < 4.78 is 5.49. The molecule has 7 heteroatoms. The summed E-state index contributed by atoms with van der Waals surface area (Å²) in [5, 5.41) is 0.426. The van der Waals surface area contributed by atoms with Crippen molar-refractivity contribution in [1.82, 2.24) is 14.9 Å². The number of halogens is 1. The Morgan fingerprint density at radius 1 is 1.48 bits per heavy atom. The molecule has 2 heterocycles. The first kappa shape index (κ1) is 17.8. The first-order valence-corrected chi connectivity index (χ1v) is 8.25. The minimum absolute atomic E-state index is 0.0951. The van der Waals surface area contributed by atoms with E-state index in [4.69, 9.17) is 16.3 Å². The third kappa shape index (κ3) is 4.96. The fourth-order valence-electron chi connectivity index (χ4n) is 2.67. The Kier molecular flexibility index (Phi) is 5.34. The molecule has 1 aliphatic heterocycles. The van der Waals surface area contributed by atoms with Crippen LogP contribution in [0.2, 0.25) is 5.15 Å². The maximum atomic E-state index is 12.3. The van der Waals surface area contributed by atoms with Crippen LogP contribution < -0.4 is 4.90 Å². The predicted molar refractivity (Wildman–Crippen MR) is 91.0 cm³/mol. The summed E-state index contributed by atoms with van der Waals surface area (Å²) in [4.78, 5) is 24.7. The Morgan fingerprint density at radius 3 is 2.78 bits per heavy atom. The maximum Gasteiger partial charge on any atom is 0.410 e. The van der Waals surface area contributed by atoms with Crippen molar-refractivity contribution >= 4 is 23.6 Å². The van der Waals surface area contributed by atoms with Gasteiger partial charge in [0.2, 0.25) is 5.95 Å². The van der Waals surface area contributed by atoms with Crippen molar-refractivity contribution in [2.24, 2.45) is 0 Å². The van der Waals surface area contributed by atoms with E-state index in [9.17, 15) is 4.79 Å². The van der Waals surface area contributed by atoms with Gasteiger partial charge in [0, 0.05) is 25.8 Å². The number of hydrogen-bond donors (Lipinski definition) is 0. The Hall–Kier alpha value is -1.56. The lowest BCUT2D eigenvalue weighted by Gasteiger charge is -2.31. The van der Waals surface area contributed by atoms with Crippen molar-refractivity contribution in [1.29, 1.82) is 0 Å². The van der Waals surface area contributed by atoms with Crippen LogP contribution in [-0.4, -0.2) is 52.7 Å². The van der Waals surface area contributed by atoms with Crippen molar-refractivity contribution in [2.45, 2.75) is 52.2 Å². The van der Waals surface area contributed by atoms with Crippen LogP contribution >= 0.6 is 11.6 Å². The lowest BCUT2D eigenvalue weighted by molar-refractivity contribution is 0.0231. The fourth-order valence-corrected chi connectivity index (χ4v) is 2.90. The topological polar surface area (TPSA) is 58.6 Å². The monoisotopic (exact) mass is 340 g/mol. The summed E-state index contributed by atoms with van der Waals surface area (Å²) in [5.74, 6) is 0.575. The molecule has 0 unspecified atom stereocenters. The van der Waals surface area contributed by atoms with E-state index >= 15 is 0 Å². The van der Waals surface area contributed by atoms with E-state index in [1.165, 1.54) is 0 Å². The zero-order valence-corrected chi connectivity index (χ0v) is 15.2. The van der Waals surface area contributed by atoms with Gasteiger partial charge in [-0.25, -0.2) is 14.8 Å². The minimum Gasteiger partial charge on any atom is -0.444 e. The van der Waals surface area contributed by atoms with Gasteiger partial charge in [-0.3, -0.25) is 0 Å². The lowest BCUT2D eigenvalue weighted by atomic mass is 10.2. The largest absolute Gasteiger partial charge is 0.444 e. The summed E-state index contributed by atoms with van der Waals surface area (Å²) in [6, 6.07) is 1.82. The van der Waals surface area contributed by atoms with E-state index < -0.39 is 5.60 Å². The van der Waals surface area contributed by atoms with Gasteiger partial charge in [0.25, 0.3) is 0 Å². The minimum atomic E-state index is -0.483. The molecule has 0 aromatic carbocycles. The third-order valence-electron chi connectivity index (χ3n) is 3.64. The number of carbonyl (C=O) groups is 1. The van der Waals surface area contributed by atoms with Crippen LogP contribution in [0, 0.1) is 6.92 Å². The van der Waals surface area contributed by atoms with E-state index in [1.807, 2.05) is 39.6 Å². The molecular weight excluding hydrogens is 316 g/mol. The van der Waals surface area contributed by atoms with Crippen LogP contribution in [0.5, 0.6) is 0 Å². The molecule has 0 radical (unpaired) electrons. The average Bonchev–Trinajstić information content (AvgIpc) is 2.83. The van der Waals surface area contributed by atoms with E-state index in [0.29, 0.717) is 17.6 Å². The number of likely N-dealkylation sites (N-methyl/N-ethyl adjacent to an activating group) is 1. The van der Waals surface area contributed by atoms with Gasteiger partial charge < -0.3 is 14.5 Å². The molecule has 23 heavy (non-hydrogen) atoms. The first-order chi connectivity index (χ1) is 10.7. The Morgan fingerprint density at radius 2 is 2.17 bits per heavy atom. The van der Waals surface area contributed by atoms with Crippen LogP contribution in [0.3, 0.4) is 0 Å². The highest BCUT2D eigenvalue weighted by Gasteiger charge is 2.33. The van der Waals surface area contributed by atoms with Crippen LogP contribution in [-0.2, 0) is 4.74 Å². The van der Waals surface area contributed by atoms with Gasteiger partial charge in [-0.15, -0.1) is 0 Å². The molecule has 1 fully saturated rings. The van der Waals surface area contributed by atoms with Gasteiger partial charge in [0.1, 0.15) is 10.8 Å². The smallest absolute Gasteiger partial charge is 0.410 e. The number of rotatable bonds is 3. The number of nitrogens with zero attached hydrogens (tertiary/aromatic N) is 4. The molecule has 6 nitrogen and oxygen atoms in total. The van der Waals surface area contributed by atoms with Crippen LogP contribution in [0.15, 0.2) is 6.07 Å². The summed E-state index contributed by atoms with van der Waals surface area (Å²) in [6.07, 6.45) is 1.67. The van der Waals surface area contributed by atoms with Gasteiger partial charge in [-0.2, -0.15) is 0 Å². The molecule has 1 saturated heterocycles. The molecule has 0 bridgehead atoms. The number of anilines is 1. The molecule has 1 aliphatic rings. The lowest BCUT2D eigenvalue weighted by Crippen LogP contribution is -2.44. The van der Waals surface area contributed by atoms with Crippen molar-refractivity contribution in [2.75, 3.05) is 25.0 Å². The number of aromatic nitrogens is 2. The molecule has 0 N–H and O–H groups in total. The van der Waals surface area contributed by atoms with Gasteiger partial charge in [0.05, 0.1) is 6.04 Å². The number of ether oxygens (including phenoxy) is 1. The van der Waals surface area contributed by atoms with Crippen molar-refractivity contribution in [3.63, 3.8) is 0 Å². The van der Waals surface area contributed by atoms with E-state index in [1.54, 1.807) is 11.0 Å². The first-order valence-electron chi connectivity index (χ1n) is 7.87. The predicted octanol–water partition coefficient (Wildman–Crippen LogP) is 3.27. The molecular formula is C16H25ClN4O2. The summed E-state index contributed by atoms with van der Waals surface area (Å²) >= 11 is 6.00. The molecule has 0 saturated carbocycles. The Balaban J connectivity index is 2.04. The Bertz CT molecular complexity index is 553. The number of carbonyl (C=O) groups excluding carboxylic acids is 1. The molecule has 1 aromatic heterocycles. The zero-order chi connectivity index (χ0) is 17.2. The fraction of sp³-hybridized carbons (Fsp3) is 0.688. The van der Waals surface area contributed by atoms with Gasteiger partial charge in [-0.1, -0.05) is 11.6 Å². The van der Waals surface area contributed by atoms with Crippen molar-refractivity contribution < 1.29 is 9.53 Å². The van der Waals surface area contributed by atoms with Crippen LogP contribution in [0.1, 0.15) is 39.3 Å². The number of aryl methyl sites for hydroxylation is 1. The van der Waals surface area contributed by atoms with Crippen LogP contribution in [0.25, 0.3) is 0 Å². The summed E-state index contributed by atoms with van der Waals surface area (Å²) in [5.41, 5.74) is 0.339. The molecule has 1 aromatic rings. The van der Waals surface area contributed by atoms with Crippen LogP contribution in [0.4, 0.5) is 10.7 Å².